The Labute approximate surface area is 256 Å². The van der Waals surface area contributed by atoms with Crippen LogP contribution in [0.5, 0.6) is 0 Å². The molecule has 4 heterocycles. The molecule has 0 unspecified atom stereocenters. The summed E-state index contributed by atoms with van der Waals surface area (Å²) in [6.45, 7) is 1.12. The number of rotatable bonds is 7. The van der Waals surface area contributed by atoms with Gasteiger partial charge in [0.05, 0.1) is 40.1 Å². The molecule has 15 heteroatoms. The van der Waals surface area contributed by atoms with Crippen LogP contribution in [-0.4, -0.2) is 105 Å². The van der Waals surface area contributed by atoms with Gasteiger partial charge in [-0.15, -0.1) is 0 Å². The summed E-state index contributed by atoms with van der Waals surface area (Å²) in [6.07, 6.45) is 3.56. The molecule has 2 aliphatic heterocycles. The number of hydrogen-bond donors (Lipinski definition) is 4. The molecule has 43 heavy (non-hydrogen) atoms. The fourth-order valence-corrected chi connectivity index (χ4v) is 5.89. The van der Waals surface area contributed by atoms with Gasteiger partial charge in [-0.3, -0.25) is 19.6 Å². The van der Waals surface area contributed by atoms with Crippen LogP contribution in [0, 0.1) is 0 Å². The summed E-state index contributed by atoms with van der Waals surface area (Å²) in [5, 5.41) is 29.6. The van der Waals surface area contributed by atoms with Gasteiger partial charge in [0, 0.05) is 39.4 Å². The van der Waals surface area contributed by atoms with Crippen molar-refractivity contribution < 1.29 is 24.6 Å². The number of carbonyl (C=O) groups excluding carboxylic acids is 2. The maximum atomic E-state index is 13.3. The fourth-order valence-electron chi connectivity index (χ4n) is 5.12. The van der Waals surface area contributed by atoms with Gasteiger partial charge in [0.1, 0.15) is 6.04 Å². The monoisotopic (exact) mass is 628 g/mol. The Morgan fingerprint density at radius 3 is 2.72 bits per heavy atom. The summed E-state index contributed by atoms with van der Waals surface area (Å²) in [5.74, 6) is -1.97. The van der Waals surface area contributed by atoms with Crippen molar-refractivity contribution in [3.63, 3.8) is 0 Å². The van der Waals surface area contributed by atoms with E-state index in [1.54, 1.807) is 39.7 Å². The van der Waals surface area contributed by atoms with Crippen LogP contribution in [0.1, 0.15) is 38.4 Å². The van der Waals surface area contributed by atoms with E-state index in [-0.39, 0.29) is 34.6 Å². The lowest BCUT2D eigenvalue weighted by Crippen LogP contribution is -2.45. The lowest BCUT2D eigenvalue weighted by atomic mass is 9.96. The van der Waals surface area contributed by atoms with Gasteiger partial charge < -0.3 is 30.6 Å². The number of pyridine rings is 1. The Balaban J connectivity index is 1.31. The van der Waals surface area contributed by atoms with Crippen molar-refractivity contribution in [2.24, 2.45) is 9.98 Å². The van der Waals surface area contributed by atoms with Crippen molar-refractivity contribution in [3.8, 4) is 0 Å². The number of hydrogen-bond acceptors (Lipinski definition) is 7. The van der Waals surface area contributed by atoms with Crippen LogP contribution in [0.2, 0.25) is 10.0 Å². The first kappa shape index (κ1) is 30.3. The van der Waals surface area contributed by atoms with Crippen LogP contribution in [0.4, 0.5) is 0 Å². The minimum absolute atomic E-state index is 0.0310. The molecule has 1 fully saturated rings. The molecule has 13 nitrogen and oxygen atoms in total. The highest BCUT2D eigenvalue weighted by atomic mass is 35.5. The zero-order valence-corrected chi connectivity index (χ0v) is 24.7. The topological polar surface area (TPSA) is 164 Å². The normalized spacial score (nSPS) is 17.8. The van der Waals surface area contributed by atoms with Gasteiger partial charge in [-0.2, -0.15) is 5.10 Å². The number of amides is 2. The van der Waals surface area contributed by atoms with E-state index in [1.165, 1.54) is 6.34 Å². The number of nitrogens with zero attached hydrogens (tertiary/aromatic N) is 6. The number of aromatic nitrogens is 2. The van der Waals surface area contributed by atoms with Crippen molar-refractivity contribution in [3.05, 3.63) is 69.0 Å². The van der Waals surface area contributed by atoms with Gasteiger partial charge in [-0.25, -0.2) is 9.31 Å². The highest BCUT2D eigenvalue weighted by Crippen LogP contribution is 2.35. The molecule has 0 radical (unpaired) electrons. The predicted molar refractivity (Wildman–Crippen MR) is 161 cm³/mol. The van der Waals surface area contributed by atoms with E-state index >= 15 is 0 Å². The minimum atomic E-state index is -1.39. The summed E-state index contributed by atoms with van der Waals surface area (Å²) >= 11 is 13.2. The minimum Gasteiger partial charge on any atom is -0.480 e. The SMILES string of the molecule is CN=CNC(=NC[C@H](NC(=O)c1c(Cl)cc2c(c1Cl)CCN(C(=O)c1cc3ccccn3n1)C2)C(=O)O)N1CC[C@H](O)C1. The molecular weight excluding hydrogens is 599 g/mol. The molecule has 1 aromatic carbocycles. The number of nitrogens with one attached hydrogen (secondary N) is 2. The number of aliphatic carboxylic acids is 1. The van der Waals surface area contributed by atoms with Crippen LogP contribution in [0.15, 0.2) is 46.5 Å². The molecular formula is C28H30Cl2N8O5. The average Bonchev–Trinajstić information content (AvgIpc) is 3.62. The lowest BCUT2D eigenvalue weighted by Gasteiger charge is -2.30. The zero-order chi connectivity index (χ0) is 30.7. The number of carboxylic acid groups (broad SMARTS) is 1. The first-order chi connectivity index (χ1) is 20.7. The number of likely N-dealkylation sites (tertiary alicyclic amines) is 1. The zero-order valence-electron chi connectivity index (χ0n) is 23.2. The number of benzene rings is 1. The third kappa shape index (κ3) is 6.58. The maximum Gasteiger partial charge on any atom is 0.328 e. The third-order valence-electron chi connectivity index (χ3n) is 7.32. The number of carboxylic acids is 1. The van der Waals surface area contributed by atoms with Gasteiger partial charge >= 0.3 is 5.97 Å². The van der Waals surface area contributed by atoms with Crippen LogP contribution < -0.4 is 10.6 Å². The number of halogens is 2. The summed E-state index contributed by atoms with van der Waals surface area (Å²) in [7, 11) is 1.56. The molecule has 2 atom stereocenters. The molecule has 0 aliphatic carbocycles. The van der Waals surface area contributed by atoms with Crippen LogP contribution in [0.25, 0.3) is 5.52 Å². The number of β-amino-alcohol motifs (C(OH)–C–C–N with tert-alkyl or cyclic N) is 1. The summed E-state index contributed by atoms with van der Waals surface area (Å²) < 4.78 is 1.63. The number of guanidine groups is 1. The Kier molecular flexibility index (Phi) is 9.14. The van der Waals surface area contributed by atoms with Crippen molar-refractivity contribution in [2.75, 3.05) is 33.2 Å². The van der Waals surface area contributed by atoms with Gasteiger partial charge in [-0.05, 0) is 48.2 Å². The van der Waals surface area contributed by atoms with Gasteiger partial charge in [-0.1, -0.05) is 29.3 Å². The molecule has 0 spiro atoms. The van der Waals surface area contributed by atoms with Crippen molar-refractivity contribution in [1.82, 2.24) is 30.0 Å². The lowest BCUT2D eigenvalue weighted by molar-refractivity contribution is -0.138. The van der Waals surface area contributed by atoms with E-state index in [0.717, 1.165) is 5.52 Å². The molecule has 2 aromatic heterocycles. The van der Waals surface area contributed by atoms with Crippen LogP contribution >= 0.6 is 23.2 Å². The fraction of sp³-hybridized carbons (Fsp3) is 0.357. The van der Waals surface area contributed by atoms with Crippen molar-refractivity contribution in [2.45, 2.75) is 31.5 Å². The quantitative estimate of drug-likeness (QED) is 0.227. The van der Waals surface area contributed by atoms with E-state index in [4.69, 9.17) is 23.2 Å². The Morgan fingerprint density at radius 2 is 2.02 bits per heavy atom. The first-order valence-electron chi connectivity index (χ1n) is 13.6. The van der Waals surface area contributed by atoms with Crippen molar-refractivity contribution in [1.29, 1.82) is 0 Å². The van der Waals surface area contributed by atoms with Crippen LogP contribution in [0.3, 0.4) is 0 Å². The largest absolute Gasteiger partial charge is 0.480 e. The number of carbonyl (C=O) groups is 3. The number of aliphatic hydroxyl groups excluding tert-OH is 1. The second kappa shape index (κ2) is 13.0. The molecule has 5 rings (SSSR count). The molecule has 0 saturated carbocycles. The smallest absolute Gasteiger partial charge is 0.328 e. The van der Waals surface area contributed by atoms with E-state index in [0.29, 0.717) is 55.3 Å². The Morgan fingerprint density at radius 1 is 1.21 bits per heavy atom. The van der Waals surface area contributed by atoms with Crippen LogP contribution in [-0.2, 0) is 17.8 Å². The summed E-state index contributed by atoms with van der Waals surface area (Å²) in [4.78, 5) is 50.2. The molecule has 1 saturated heterocycles. The standard InChI is InChI=1S/C28H30Cl2N8O5/c1-31-15-33-28(37-8-5-18(39)14-37)32-12-22(27(42)43)34-25(40)23-20(29)10-16-13-36(9-6-19(16)24(23)30)26(41)21-11-17-4-2-3-7-38(17)35-21/h2-4,7,10-11,15,18,22,39H,5-6,8-9,12-14H2,1H3,(H,34,40)(H,42,43)(H,31,32,33)/t18-,22-/m0/s1. The maximum absolute atomic E-state index is 13.3. The van der Waals surface area contributed by atoms with E-state index in [9.17, 15) is 24.6 Å². The first-order valence-corrected chi connectivity index (χ1v) is 14.3. The molecule has 2 amide bonds. The number of aliphatic imine (C=N–C) groups is 2. The predicted octanol–water partition coefficient (Wildman–Crippen LogP) is 1.69. The van der Waals surface area contributed by atoms with Gasteiger partial charge in [0.15, 0.2) is 11.7 Å². The van der Waals surface area contributed by atoms with E-state index in [1.807, 2.05) is 18.2 Å². The highest BCUT2D eigenvalue weighted by molar-refractivity contribution is 6.40. The number of aliphatic hydroxyl groups is 1. The molecule has 2 aliphatic rings. The van der Waals surface area contributed by atoms with E-state index < -0.39 is 24.0 Å². The summed E-state index contributed by atoms with van der Waals surface area (Å²) in [5.41, 5.74) is 2.42. The van der Waals surface area contributed by atoms with Gasteiger partial charge in [0.25, 0.3) is 11.8 Å². The van der Waals surface area contributed by atoms with Gasteiger partial charge in [0.2, 0.25) is 0 Å². The molecule has 226 valence electrons. The molecule has 0 bridgehead atoms. The Hall–Kier alpha value is -4.20. The van der Waals surface area contributed by atoms with Crippen molar-refractivity contribution >= 4 is 58.8 Å². The number of fused-ring (bicyclic) bond motifs is 2. The summed E-state index contributed by atoms with van der Waals surface area (Å²) in [6, 6.07) is 7.46. The third-order valence-corrected chi connectivity index (χ3v) is 8.04. The second-order valence-electron chi connectivity index (χ2n) is 10.2. The Bertz CT molecular complexity index is 1590. The van der Waals surface area contributed by atoms with E-state index in [2.05, 4.69) is 25.7 Å². The molecule has 4 N–H and O–H groups in total. The second-order valence-corrected chi connectivity index (χ2v) is 11.0. The highest BCUT2D eigenvalue weighted by Gasteiger charge is 2.31. The average molecular weight is 630 g/mol. The molecule has 3 aromatic rings.